The summed E-state index contributed by atoms with van der Waals surface area (Å²) >= 11 is 0. The van der Waals surface area contributed by atoms with Crippen LogP contribution in [0.5, 0.6) is 0 Å². The lowest BCUT2D eigenvalue weighted by Crippen LogP contribution is -2.19. The van der Waals surface area contributed by atoms with Crippen molar-refractivity contribution in [2.24, 2.45) is 23.5 Å². The van der Waals surface area contributed by atoms with Crippen molar-refractivity contribution < 1.29 is 0 Å². The Morgan fingerprint density at radius 1 is 1.23 bits per heavy atom. The number of hydrogen-bond acceptors (Lipinski definition) is 1. The molecule has 1 nitrogen and oxygen atoms in total. The summed E-state index contributed by atoms with van der Waals surface area (Å²) in [7, 11) is 0. The first kappa shape index (κ1) is 11.0. The van der Waals surface area contributed by atoms with E-state index in [1.54, 1.807) is 0 Å². The van der Waals surface area contributed by atoms with Crippen LogP contribution in [-0.4, -0.2) is 6.54 Å². The highest BCUT2D eigenvalue weighted by atomic mass is 14.5. The molecule has 0 saturated heterocycles. The van der Waals surface area contributed by atoms with Crippen molar-refractivity contribution in [1.82, 2.24) is 0 Å². The van der Waals surface area contributed by atoms with Gasteiger partial charge in [-0.25, -0.2) is 0 Å². The molecule has 0 aromatic rings. The van der Waals surface area contributed by atoms with Crippen molar-refractivity contribution >= 4 is 0 Å². The molecule has 0 aromatic heterocycles. The van der Waals surface area contributed by atoms with Crippen LogP contribution in [0.2, 0.25) is 0 Å². The van der Waals surface area contributed by atoms with Crippen molar-refractivity contribution in [3.05, 3.63) is 0 Å². The van der Waals surface area contributed by atoms with Crippen molar-refractivity contribution in [2.75, 3.05) is 6.54 Å². The van der Waals surface area contributed by atoms with E-state index >= 15 is 0 Å². The molecule has 13 heavy (non-hydrogen) atoms. The number of rotatable bonds is 5. The summed E-state index contributed by atoms with van der Waals surface area (Å²) < 4.78 is 0. The molecule has 1 rings (SSSR count). The fourth-order valence-electron chi connectivity index (χ4n) is 2.67. The van der Waals surface area contributed by atoms with Gasteiger partial charge in [0, 0.05) is 0 Å². The third-order valence-electron chi connectivity index (χ3n) is 3.28. The summed E-state index contributed by atoms with van der Waals surface area (Å²) in [6.45, 7) is 5.50. The average Bonchev–Trinajstić information content (AvgIpc) is 2.55. The molecule has 2 N–H and O–H groups in total. The first-order chi connectivity index (χ1) is 6.22. The second-order valence-corrected chi connectivity index (χ2v) is 5.12. The predicted molar refractivity (Wildman–Crippen MR) is 58.6 cm³/mol. The molecule has 78 valence electrons. The minimum atomic E-state index is 0.795. The lowest BCUT2D eigenvalue weighted by Gasteiger charge is -2.20. The molecule has 1 saturated carbocycles. The normalized spacial score (nSPS) is 21.2. The van der Waals surface area contributed by atoms with Crippen LogP contribution in [0.3, 0.4) is 0 Å². The van der Waals surface area contributed by atoms with Crippen LogP contribution >= 0.6 is 0 Å². The quantitative estimate of drug-likeness (QED) is 0.696. The van der Waals surface area contributed by atoms with Gasteiger partial charge in [0.2, 0.25) is 0 Å². The van der Waals surface area contributed by atoms with E-state index in [-0.39, 0.29) is 0 Å². The Labute approximate surface area is 83.1 Å². The molecule has 1 fully saturated rings. The summed E-state index contributed by atoms with van der Waals surface area (Å²) in [5, 5.41) is 0. The first-order valence-electron chi connectivity index (χ1n) is 5.92. The molecule has 0 amide bonds. The molecule has 0 aliphatic heterocycles. The molecular weight excluding hydrogens is 158 g/mol. The molecule has 1 unspecified atom stereocenters. The molecule has 1 aliphatic carbocycles. The van der Waals surface area contributed by atoms with Gasteiger partial charge >= 0.3 is 0 Å². The highest BCUT2D eigenvalue weighted by Crippen LogP contribution is 2.31. The smallest absolute Gasteiger partial charge is 0.00487 e. The Kier molecular flexibility index (Phi) is 4.79. The lowest BCUT2D eigenvalue weighted by atomic mass is 9.87. The zero-order valence-electron chi connectivity index (χ0n) is 9.26. The monoisotopic (exact) mass is 183 g/mol. The van der Waals surface area contributed by atoms with E-state index in [2.05, 4.69) is 13.8 Å². The third kappa shape index (κ3) is 4.12. The molecule has 1 aliphatic rings. The van der Waals surface area contributed by atoms with Crippen molar-refractivity contribution in [3.63, 3.8) is 0 Å². The van der Waals surface area contributed by atoms with Gasteiger partial charge in [0.25, 0.3) is 0 Å². The summed E-state index contributed by atoms with van der Waals surface area (Å²) in [4.78, 5) is 0. The maximum atomic E-state index is 5.80. The largest absolute Gasteiger partial charge is 0.330 e. The molecule has 0 bridgehead atoms. The first-order valence-corrected chi connectivity index (χ1v) is 5.92. The van der Waals surface area contributed by atoms with Crippen LogP contribution in [-0.2, 0) is 0 Å². The SMILES string of the molecule is CC(C)CC(CN)CC1CCCC1. The molecule has 0 heterocycles. The zero-order chi connectivity index (χ0) is 9.68. The fourth-order valence-corrected chi connectivity index (χ4v) is 2.67. The molecule has 0 aromatic carbocycles. The van der Waals surface area contributed by atoms with Crippen LogP contribution in [0.15, 0.2) is 0 Å². The van der Waals surface area contributed by atoms with Crippen LogP contribution < -0.4 is 5.73 Å². The van der Waals surface area contributed by atoms with Crippen LogP contribution in [0.4, 0.5) is 0 Å². The Balaban J connectivity index is 2.21. The lowest BCUT2D eigenvalue weighted by molar-refractivity contribution is 0.329. The van der Waals surface area contributed by atoms with Gasteiger partial charge in [-0.1, -0.05) is 39.5 Å². The minimum absolute atomic E-state index is 0.795. The fraction of sp³-hybridized carbons (Fsp3) is 1.00. The molecule has 1 heteroatoms. The van der Waals surface area contributed by atoms with Gasteiger partial charge in [0.05, 0.1) is 0 Å². The summed E-state index contributed by atoms with van der Waals surface area (Å²) in [5.74, 6) is 2.62. The maximum absolute atomic E-state index is 5.80. The second kappa shape index (κ2) is 5.64. The Hall–Kier alpha value is -0.0400. The molecule has 1 atom stereocenters. The topological polar surface area (TPSA) is 26.0 Å². The van der Waals surface area contributed by atoms with E-state index in [4.69, 9.17) is 5.73 Å². The van der Waals surface area contributed by atoms with Gasteiger partial charge in [0.1, 0.15) is 0 Å². The zero-order valence-corrected chi connectivity index (χ0v) is 9.26. The number of hydrogen-bond donors (Lipinski definition) is 1. The van der Waals surface area contributed by atoms with Gasteiger partial charge in [-0.2, -0.15) is 0 Å². The second-order valence-electron chi connectivity index (χ2n) is 5.12. The van der Waals surface area contributed by atoms with E-state index < -0.39 is 0 Å². The van der Waals surface area contributed by atoms with Crippen LogP contribution in [0, 0.1) is 17.8 Å². The van der Waals surface area contributed by atoms with Gasteiger partial charge in [0.15, 0.2) is 0 Å². The van der Waals surface area contributed by atoms with E-state index in [9.17, 15) is 0 Å². The molecule has 0 spiro atoms. The van der Waals surface area contributed by atoms with E-state index in [0.29, 0.717) is 0 Å². The highest BCUT2D eigenvalue weighted by Gasteiger charge is 2.19. The van der Waals surface area contributed by atoms with Gasteiger partial charge < -0.3 is 5.73 Å². The summed E-state index contributed by atoms with van der Waals surface area (Å²) in [6.07, 6.45) is 8.58. The Morgan fingerprint density at radius 3 is 2.31 bits per heavy atom. The standard InChI is InChI=1S/C12H25N/c1-10(2)7-12(9-13)8-11-5-3-4-6-11/h10-12H,3-9,13H2,1-2H3. The Morgan fingerprint density at radius 2 is 1.85 bits per heavy atom. The Bertz CT molecular complexity index is 125. The number of nitrogens with two attached hydrogens (primary N) is 1. The van der Waals surface area contributed by atoms with Crippen molar-refractivity contribution in [3.8, 4) is 0 Å². The van der Waals surface area contributed by atoms with Crippen LogP contribution in [0.25, 0.3) is 0 Å². The van der Waals surface area contributed by atoms with E-state index in [1.807, 2.05) is 0 Å². The summed E-state index contributed by atoms with van der Waals surface area (Å²) in [6, 6.07) is 0. The predicted octanol–water partition coefficient (Wildman–Crippen LogP) is 3.19. The third-order valence-corrected chi connectivity index (χ3v) is 3.28. The summed E-state index contributed by atoms with van der Waals surface area (Å²) in [5.41, 5.74) is 5.80. The van der Waals surface area contributed by atoms with Crippen LogP contribution in [0.1, 0.15) is 52.4 Å². The van der Waals surface area contributed by atoms with E-state index in [0.717, 1.165) is 24.3 Å². The van der Waals surface area contributed by atoms with Gasteiger partial charge in [-0.15, -0.1) is 0 Å². The van der Waals surface area contributed by atoms with Gasteiger partial charge in [-0.3, -0.25) is 0 Å². The molecule has 0 radical (unpaired) electrons. The highest BCUT2D eigenvalue weighted by molar-refractivity contribution is 4.72. The maximum Gasteiger partial charge on any atom is -0.00487 e. The molecular formula is C12H25N. The van der Waals surface area contributed by atoms with E-state index in [1.165, 1.54) is 38.5 Å². The van der Waals surface area contributed by atoms with Gasteiger partial charge in [-0.05, 0) is 37.1 Å². The minimum Gasteiger partial charge on any atom is -0.330 e. The van der Waals surface area contributed by atoms with Crippen molar-refractivity contribution in [2.45, 2.75) is 52.4 Å². The van der Waals surface area contributed by atoms with Crippen molar-refractivity contribution in [1.29, 1.82) is 0 Å². The average molecular weight is 183 g/mol.